The van der Waals surface area contributed by atoms with Gasteiger partial charge in [0, 0.05) is 29.4 Å². The maximum atomic E-state index is 13.3. The van der Waals surface area contributed by atoms with Gasteiger partial charge in [-0.1, -0.05) is 25.3 Å². The van der Waals surface area contributed by atoms with Crippen LogP contribution in [-0.2, 0) is 9.84 Å². The summed E-state index contributed by atoms with van der Waals surface area (Å²) in [7, 11) is -1.81. The summed E-state index contributed by atoms with van der Waals surface area (Å²) in [6.45, 7) is 0. The van der Waals surface area contributed by atoms with Gasteiger partial charge in [-0.05, 0) is 43.9 Å². The Morgan fingerprint density at radius 2 is 1.75 bits per heavy atom. The van der Waals surface area contributed by atoms with Gasteiger partial charge in [-0.2, -0.15) is 0 Å². The normalized spacial score (nSPS) is 17.3. The molecule has 8 heteroatoms. The molecule has 0 amide bonds. The van der Waals surface area contributed by atoms with Crippen LogP contribution in [0.15, 0.2) is 47.6 Å². The highest BCUT2D eigenvalue weighted by molar-refractivity contribution is 7.92. The molecule has 0 spiro atoms. The molecule has 0 saturated heterocycles. The minimum Gasteiger partial charge on any atom is -0.481 e. The number of hydrogen-bond donors (Lipinski definition) is 1. The predicted octanol–water partition coefficient (Wildman–Crippen LogP) is 5.94. The van der Waals surface area contributed by atoms with Gasteiger partial charge in [0.25, 0.3) is 0 Å². The summed E-state index contributed by atoms with van der Waals surface area (Å²) in [6, 6.07) is 9.21. The zero-order valence-corrected chi connectivity index (χ0v) is 19.7. The maximum Gasteiger partial charge on any atom is 0.213 e. The summed E-state index contributed by atoms with van der Waals surface area (Å²) in [5, 5.41) is 4.13. The summed E-state index contributed by atoms with van der Waals surface area (Å²) < 4.78 is 31.7. The maximum absolute atomic E-state index is 13.3. The second kappa shape index (κ2) is 8.83. The summed E-state index contributed by atoms with van der Waals surface area (Å²) in [6.07, 6.45) is 11.2. The minimum absolute atomic E-state index is 0.273. The summed E-state index contributed by atoms with van der Waals surface area (Å²) in [5.74, 6) is 1.04. The molecule has 0 aliphatic heterocycles. The minimum atomic E-state index is -3.38. The molecule has 2 heterocycles. The molecule has 1 N–H and O–H groups in total. The number of methoxy groups -OCH3 is 1. The van der Waals surface area contributed by atoms with E-state index in [-0.39, 0.29) is 5.25 Å². The van der Waals surface area contributed by atoms with Crippen LogP contribution < -0.4 is 10.1 Å². The number of rotatable bonds is 7. The molecule has 1 aromatic carbocycles. The van der Waals surface area contributed by atoms with Crippen LogP contribution in [0, 0.1) is 0 Å². The van der Waals surface area contributed by atoms with E-state index in [1.54, 1.807) is 36.8 Å². The van der Waals surface area contributed by atoms with Crippen LogP contribution in [0.5, 0.6) is 5.88 Å². The molecular formula is C24H27N3O3S2. The van der Waals surface area contributed by atoms with E-state index in [2.05, 4.69) is 10.3 Å². The van der Waals surface area contributed by atoms with E-state index in [0.29, 0.717) is 16.7 Å². The van der Waals surface area contributed by atoms with Gasteiger partial charge in [0.05, 0.1) is 39.0 Å². The molecule has 2 aliphatic rings. The molecular weight excluding hydrogens is 442 g/mol. The Hall–Kier alpha value is -2.45. The van der Waals surface area contributed by atoms with Crippen LogP contribution in [0.3, 0.4) is 0 Å². The first-order valence-corrected chi connectivity index (χ1v) is 13.5. The van der Waals surface area contributed by atoms with Gasteiger partial charge < -0.3 is 10.1 Å². The standard InChI is InChI=1S/C24H27N3O3S2/c1-30-23-12-8-18(14-25-23)27-17-7-11-20(22(13-17)32(28,29)19-9-10-19)21-15-26-24(31-21)16-5-3-2-4-6-16/h7-8,11-16,19,27H,2-6,9-10H2,1H3. The number of aromatic nitrogens is 2. The monoisotopic (exact) mass is 469 g/mol. The smallest absolute Gasteiger partial charge is 0.213 e. The third kappa shape index (κ3) is 4.38. The van der Waals surface area contributed by atoms with Gasteiger partial charge in [0.15, 0.2) is 9.84 Å². The molecule has 0 radical (unpaired) electrons. The second-order valence-corrected chi connectivity index (χ2v) is 11.8. The summed E-state index contributed by atoms with van der Waals surface area (Å²) >= 11 is 1.65. The summed E-state index contributed by atoms with van der Waals surface area (Å²) in [4.78, 5) is 10.2. The van der Waals surface area contributed by atoms with Crippen molar-refractivity contribution in [1.82, 2.24) is 9.97 Å². The van der Waals surface area contributed by atoms with Gasteiger partial charge in [-0.3, -0.25) is 0 Å². The Morgan fingerprint density at radius 1 is 0.969 bits per heavy atom. The molecule has 0 bridgehead atoms. The van der Waals surface area contributed by atoms with Crippen molar-refractivity contribution in [3.05, 3.63) is 47.7 Å². The first-order valence-electron chi connectivity index (χ1n) is 11.2. The lowest BCUT2D eigenvalue weighted by Crippen LogP contribution is -2.09. The number of ether oxygens (including phenoxy) is 1. The number of anilines is 2. The van der Waals surface area contributed by atoms with Crippen LogP contribution >= 0.6 is 11.3 Å². The van der Waals surface area contributed by atoms with Gasteiger partial charge in [0.1, 0.15) is 0 Å². The lowest BCUT2D eigenvalue weighted by molar-refractivity contribution is 0.398. The lowest BCUT2D eigenvalue weighted by Gasteiger charge is -2.18. The highest BCUT2D eigenvalue weighted by Crippen LogP contribution is 2.43. The van der Waals surface area contributed by atoms with E-state index in [0.717, 1.165) is 39.7 Å². The highest BCUT2D eigenvalue weighted by atomic mass is 32.2. The first-order chi connectivity index (χ1) is 15.5. The molecule has 0 unspecified atom stereocenters. The van der Waals surface area contributed by atoms with Crippen molar-refractivity contribution < 1.29 is 13.2 Å². The Kier molecular flexibility index (Phi) is 5.90. The molecule has 6 nitrogen and oxygen atoms in total. The van der Waals surface area contributed by atoms with Crippen molar-refractivity contribution in [1.29, 1.82) is 0 Å². The number of nitrogens with zero attached hydrogens (tertiary/aromatic N) is 2. The first kappa shape index (κ1) is 21.4. The van der Waals surface area contributed by atoms with Crippen molar-refractivity contribution >= 4 is 32.5 Å². The van der Waals surface area contributed by atoms with Crippen molar-refractivity contribution in [2.75, 3.05) is 12.4 Å². The Balaban J connectivity index is 1.49. The molecule has 2 aromatic heterocycles. The van der Waals surface area contributed by atoms with Gasteiger partial charge in [0.2, 0.25) is 5.88 Å². The average Bonchev–Trinajstić information content (AvgIpc) is 3.58. The van der Waals surface area contributed by atoms with Crippen LogP contribution in [0.1, 0.15) is 55.9 Å². The molecule has 2 fully saturated rings. The van der Waals surface area contributed by atoms with Crippen LogP contribution in [0.25, 0.3) is 10.4 Å². The van der Waals surface area contributed by atoms with Crippen LogP contribution in [-0.4, -0.2) is 30.7 Å². The third-order valence-corrected chi connectivity index (χ3v) is 9.72. The number of sulfone groups is 1. The number of thiazole rings is 1. The van der Waals surface area contributed by atoms with E-state index >= 15 is 0 Å². The van der Waals surface area contributed by atoms with Crippen LogP contribution in [0.4, 0.5) is 11.4 Å². The van der Waals surface area contributed by atoms with E-state index in [1.807, 2.05) is 24.4 Å². The predicted molar refractivity (Wildman–Crippen MR) is 128 cm³/mol. The summed E-state index contributed by atoms with van der Waals surface area (Å²) in [5.41, 5.74) is 2.25. The number of benzene rings is 1. The zero-order chi connectivity index (χ0) is 22.1. The Morgan fingerprint density at radius 3 is 2.44 bits per heavy atom. The molecule has 168 valence electrons. The van der Waals surface area contributed by atoms with Crippen LogP contribution in [0.2, 0.25) is 0 Å². The largest absolute Gasteiger partial charge is 0.481 e. The SMILES string of the molecule is COc1ccc(Nc2ccc(-c3cnc(C4CCCCC4)s3)c(S(=O)(=O)C3CC3)c2)cn1. The Labute approximate surface area is 193 Å². The fraction of sp³-hybridized carbons (Fsp3) is 0.417. The topological polar surface area (TPSA) is 81.2 Å². The fourth-order valence-corrected chi connectivity index (χ4v) is 7.37. The third-order valence-electron chi connectivity index (χ3n) is 6.23. The number of hydrogen-bond acceptors (Lipinski definition) is 7. The molecule has 5 rings (SSSR count). The molecule has 32 heavy (non-hydrogen) atoms. The fourth-order valence-electron chi connectivity index (χ4n) is 4.29. The number of pyridine rings is 1. The molecule has 0 atom stereocenters. The van der Waals surface area contributed by atoms with Gasteiger partial charge in [-0.25, -0.2) is 18.4 Å². The van der Waals surface area contributed by atoms with E-state index in [1.165, 1.54) is 32.1 Å². The lowest BCUT2D eigenvalue weighted by atomic mass is 9.90. The van der Waals surface area contributed by atoms with Crippen molar-refractivity contribution in [3.63, 3.8) is 0 Å². The molecule has 2 saturated carbocycles. The van der Waals surface area contributed by atoms with Crippen molar-refractivity contribution in [3.8, 4) is 16.3 Å². The quantitative estimate of drug-likeness (QED) is 0.461. The Bertz CT molecular complexity index is 1200. The van der Waals surface area contributed by atoms with Gasteiger partial charge >= 0.3 is 0 Å². The second-order valence-electron chi connectivity index (χ2n) is 8.57. The van der Waals surface area contributed by atoms with Gasteiger partial charge in [-0.15, -0.1) is 11.3 Å². The molecule has 2 aliphatic carbocycles. The molecule has 3 aromatic rings. The van der Waals surface area contributed by atoms with E-state index in [4.69, 9.17) is 9.72 Å². The van der Waals surface area contributed by atoms with E-state index in [9.17, 15) is 8.42 Å². The van der Waals surface area contributed by atoms with E-state index < -0.39 is 9.84 Å². The highest BCUT2D eigenvalue weighted by Gasteiger charge is 2.38. The van der Waals surface area contributed by atoms with Crippen molar-refractivity contribution in [2.45, 2.75) is 61.0 Å². The van der Waals surface area contributed by atoms with Crippen molar-refractivity contribution in [2.24, 2.45) is 0 Å². The average molecular weight is 470 g/mol. The zero-order valence-electron chi connectivity index (χ0n) is 18.1. The number of nitrogens with one attached hydrogen (secondary N) is 1.